The van der Waals surface area contributed by atoms with E-state index in [9.17, 15) is 4.79 Å². The predicted octanol–water partition coefficient (Wildman–Crippen LogP) is 2.30. The average molecular weight is 519 g/mol. The lowest BCUT2D eigenvalue weighted by atomic mass is 10.00. The number of nitrogens with zero attached hydrogens (tertiary/aromatic N) is 4. The Morgan fingerprint density at radius 3 is 2.52 bits per heavy atom. The zero-order valence-electron chi connectivity index (χ0n) is 17.9. The summed E-state index contributed by atoms with van der Waals surface area (Å²) in [5.74, 6) is 2.16. The van der Waals surface area contributed by atoms with Crippen molar-refractivity contribution >= 4 is 35.8 Å². The van der Waals surface area contributed by atoms with Crippen molar-refractivity contribution in [2.45, 2.75) is 52.6 Å². The minimum atomic E-state index is -0.232. The molecule has 2 fully saturated rings. The number of hydrogen-bond acceptors (Lipinski definition) is 5. The number of amides is 1. The molecule has 3 rings (SSSR count). The molecular formula is C20H34IN5O3. The Balaban J connectivity index is 0.00000300. The number of ether oxygens (including phenoxy) is 1. The van der Waals surface area contributed by atoms with Crippen molar-refractivity contribution < 1.29 is 14.1 Å². The molecule has 3 heterocycles. The van der Waals surface area contributed by atoms with Gasteiger partial charge in [-0.1, -0.05) is 12.1 Å². The van der Waals surface area contributed by atoms with E-state index in [0.717, 1.165) is 55.5 Å². The maximum atomic E-state index is 12.5. The SMILES string of the molecule is CCNC(=NCC(C)c1c(C)noc1C)N1CCN(C(=O)C2CCCO2)CC1.I. The molecule has 9 heteroatoms. The summed E-state index contributed by atoms with van der Waals surface area (Å²) in [7, 11) is 0. The Morgan fingerprint density at radius 1 is 1.28 bits per heavy atom. The largest absolute Gasteiger partial charge is 0.368 e. The van der Waals surface area contributed by atoms with Crippen LogP contribution in [-0.2, 0) is 9.53 Å². The van der Waals surface area contributed by atoms with E-state index in [2.05, 4.69) is 29.2 Å². The second-order valence-corrected chi connectivity index (χ2v) is 7.65. The highest BCUT2D eigenvalue weighted by molar-refractivity contribution is 14.0. The van der Waals surface area contributed by atoms with Crippen molar-refractivity contribution in [3.8, 4) is 0 Å². The third-order valence-electron chi connectivity index (χ3n) is 5.53. The number of carbonyl (C=O) groups is 1. The number of nitrogens with one attached hydrogen (secondary N) is 1. The number of hydrogen-bond donors (Lipinski definition) is 1. The fraction of sp³-hybridized carbons (Fsp3) is 0.750. The van der Waals surface area contributed by atoms with Gasteiger partial charge < -0.3 is 24.4 Å². The number of carbonyl (C=O) groups excluding carboxylic acids is 1. The van der Waals surface area contributed by atoms with E-state index in [1.54, 1.807) is 0 Å². The van der Waals surface area contributed by atoms with Crippen molar-refractivity contribution in [3.05, 3.63) is 17.0 Å². The first-order valence-electron chi connectivity index (χ1n) is 10.4. The zero-order chi connectivity index (χ0) is 20.1. The highest BCUT2D eigenvalue weighted by Crippen LogP contribution is 2.23. The lowest BCUT2D eigenvalue weighted by Crippen LogP contribution is -2.55. The van der Waals surface area contributed by atoms with Crippen LogP contribution in [0.3, 0.4) is 0 Å². The number of aryl methyl sites for hydroxylation is 2. The van der Waals surface area contributed by atoms with Crippen LogP contribution in [0.4, 0.5) is 0 Å². The molecule has 2 aliphatic heterocycles. The van der Waals surface area contributed by atoms with E-state index < -0.39 is 0 Å². The summed E-state index contributed by atoms with van der Waals surface area (Å²) >= 11 is 0. The summed E-state index contributed by atoms with van der Waals surface area (Å²) in [6.07, 6.45) is 1.60. The summed E-state index contributed by atoms with van der Waals surface area (Å²) in [4.78, 5) is 21.6. The van der Waals surface area contributed by atoms with Gasteiger partial charge >= 0.3 is 0 Å². The second kappa shape index (κ2) is 11.1. The molecule has 1 amide bonds. The molecule has 2 atom stereocenters. The average Bonchev–Trinajstić information content (AvgIpc) is 3.34. The molecule has 2 aliphatic rings. The molecule has 1 aromatic heterocycles. The second-order valence-electron chi connectivity index (χ2n) is 7.65. The summed E-state index contributed by atoms with van der Waals surface area (Å²) in [5.41, 5.74) is 2.08. The van der Waals surface area contributed by atoms with Gasteiger partial charge in [-0.2, -0.15) is 0 Å². The quantitative estimate of drug-likeness (QED) is 0.365. The Bertz CT molecular complexity index is 675. The van der Waals surface area contributed by atoms with Gasteiger partial charge in [0.2, 0.25) is 0 Å². The maximum Gasteiger partial charge on any atom is 0.251 e. The molecule has 0 bridgehead atoms. The highest BCUT2D eigenvalue weighted by atomic mass is 127. The van der Waals surface area contributed by atoms with Crippen molar-refractivity contribution in [1.29, 1.82) is 0 Å². The fourth-order valence-electron chi connectivity index (χ4n) is 4.05. The Labute approximate surface area is 190 Å². The van der Waals surface area contributed by atoms with E-state index in [0.29, 0.717) is 26.2 Å². The number of aromatic nitrogens is 1. The molecule has 8 nitrogen and oxygen atoms in total. The number of rotatable bonds is 5. The van der Waals surface area contributed by atoms with E-state index in [1.165, 1.54) is 0 Å². The lowest BCUT2D eigenvalue weighted by Gasteiger charge is -2.37. The topological polar surface area (TPSA) is 83.2 Å². The van der Waals surface area contributed by atoms with Gasteiger partial charge in [0.25, 0.3) is 5.91 Å². The fourth-order valence-corrected chi connectivity index (χ4v) is 4.05. The first kappa shape index (κ1) is 23.9. The third kappa shape index (κ3) is 5.84. The molecule has 164 valence electrons. The molecule has 2 saturated heterocycles. The van der Waals surface area contributed by atoms with Crippen LogP contribution in [0.1, 0.15) is 49.6 Å². The molecule has 0 saturated carbocycles. The first-order chi connectivity index (χ1) is 13.5. The van der Waals surface area contributed by atoms with Crippen LogP contribution in [-0.4, -0.2) is 78.8 Å². The Hall–Kier alpha value is -1.36. The van der Waals surface area contributed by atoms with Crippen molar-refractivity contribution in [2.24, 2.45) is 4.99 Å². The third-order valence-corrected chi connectivity index (χ3v) is 5.53. The molecule has 0 spiro atoms. The molecule has 2 unspecified atom stereocenters. The smallest absolute Gasteiger partial charge is 0.251 e. The van der Waals surface area contributed by atoms with Gasteiger partial charge in [0, 0.05) is 57.4 Å². The van der Waals surface area contributed by atoms with E-state index in [4.69, 9.17) is 14.3 Å². The van der Waals surface area contributed by atoms with Crippen molar-refractivity contribution in [2.75, 3.05) is 45.9 Å². The van der Waals surface area contributed by atoms with Crippen molar-refractivity contribution in [1.82, 2.24) is 20.3 Å². The van der Waals surface area contributed by atoms with Crippen LogP contribution >= 0.6 is 24.0 Å². The molecule has 0 aromatic carbocycles. The minimum Gasteiger partial charge on any atom is -0.368 e. The molecule has 0 radical (unpaired) electrons. The van der Waals surface area contributed by atoms with Gasteiger partial charge in [-0.3, -0.25) is 9.79 Å². The van der Waals surface area contributed by atoms with Crippen LogP contribution in [0.25, 0.3) is 0 Å². The van der Waals surface area contributed by atoms with Crippen molar-refractivity contribution in [3.63, 3.8) is 0 Å². The van der Waals surface area contributed by atoms with E-state index in [1.807, 2.05) is 18.7 Å². The standard InChI is InChI=1S/C20H33N5O3.HI/c1-5-21-20(22-13-14(2)18-15(3)23-28-16(18)4)25-10-8-24(9-11-25)19(26)17-7-6-12-27-17;/h14,17H,5-13H2,1-4H3,(H,21,22);1H. The molecular weight excluding hydrogens is 485 g/mol. The van der Waals surface area contributed by atoms with Gasteiger partial charge in [-0.15, -0.1) is 24.0 Å². The maximum absolute atomic E-state index is 12.5. The van der Waals surface area contributed by atoms with E-state index in [-0.39, 0.29) is 41.9 Å². The Kier molecular flexibility index (Phi) is 9.19. The number of aliphatic imine (C=N–C) groups is 1. The van der Waals surface area contributed by atoms with Crippen LogP contribution in [0.15, 0.2) is 9.52 Å². The zero-order valence-corrected chi connectivity index (χ0v) is 20.3. The Morgan fingerprint density at radius 2 is 1.97 bits per heavy atom. The number of guanidine groups is 1. The molecule has 1 N–H and O–H groups in total. The van der Waals surface area contributed by atoms with Crippen LogP contribution in [0, 0.1) is 13.8 Å². The number of halogens is 1. The summed E-state index contributed by atoms with van der Waals surface area (Å²) < 4.78 is 10.8. The van der Waals surface area contributed by atoms with Gasteiger partial charge in [0.1, 0.15) is 11.9 Å². The molecule has 0 aliphatic carbocycles. The van der Waals surface area contributed by atoms with Gasteiger partial charge in [-0.25, -0.2) is 0 Å². The van der Waals surface area contributed by atoms with Gasteiger partial charge in [0.15, 0.2) is 5.96 Å². The highest BCUT2D eigenvalue weighted by Gasteiger charge is 2.31. The predicted molar refractivity (Wildman–Crippen MR) is 123 cm³/mol. The normalized spacial score (nSPS) is 21.1. The summed E-state index contributed by atoms with van der Waals surface area (Å²) in [6, 6.07) is 0. The molecule has 1 aromatic rings. The number of piperazine rings is 1. The summed E-state index contributed by atoms with van der Waals surface area (Å²) in [6.45, 7) is 13.3. The lowest BCUT2D eigenvalue weighted by molar-refractivity contribution is -0.142. The van der Waals surface area contributed by atoms with E-state index >= 15 is 0 Å². The van der Waals surface area contributed by atoms with Crippen LogP contribution < -0.4 is 5.32 Å². The summed E-state index contributed by atoms with van der Waals surface area (Å²) in [5, 5.41) is 7.44. The minimum absolute atomic E-state index is 0. The van der Waals surface area contributed by atoms with Gasteiger partial charge in [-0.05, 0) is 33.6 Å². The first-order valence-corrected chi connectivity index (χ1v) is 10.4. The van der Waals surface area contributed by atoms with Crippen LogP contribution in [0.5, 0.6) is 0 Å². The monoisotopic (exact) mass is 519 g/mol. The van der Waals surface area contributed by atoms with Crippen LogP contribution in [0.2, 0.25) is 0 Å². The van der Waals surface area contributed by atoms with Gasteiger partial charge in [0.05, 0.1) is 5.69 Å². The molecule has 29 heavy (non-hydrogen) atoms.